The number of aliphatic hydroxyl groups is 1. The molecule has 1 heterocycles. The predicted octanol–water partition coefficient (Wildman–Crippen LogP) is 5.96. The van der Waals surface area contributed by atoms with E-state index in [9.17, 15) is 23.1 Å². The Kier molecular flexibility index (Phi) is 7.75. The summed E-state index contributed by atoms with van der Waals surface area (Å²) in [5.74, 6) is -1.01. The molecule has 4 aromatic rings. The van der Waals surface area contributed by atoms with E-state index in [-0.39, 0.29) is 22.9 Å². The molecule has 0 radical (unpaired) electrons. The first kappa shape index (κ1) is 26.8. The van der Waals surface area contributed by atoms with Gasteiger partial charge < -0.3 is 16.2 Å². The van der Waals surface area contributed by atoms with Gasteiger partial charge >= 0.3 is 6.18 Å². The fourth-order valence-electron chi connectivity index (χ4n) is 3.62. The number of nitrogens with zero attached hydrogens (tertiary/aromatic N) is 3. The van der Waals surface area contributed by atoms with E-state index in [0.29, 0.717) is 22.9 Å². The Morgan fingerprint density at radius 3 is 2.32 bits per heavy atom. The van der Waals surface area contributed by atoms with Crippen LogP contribution in [0.5, 0.6) is 0 Å². The van der Waals surface area contributed by atoms with Crippen LogP contribution >= 0.6 is 11.6 Å². The number of benzene rings is 3. The first-order chi connectivity index (χ1) is 18.0. The van der Waals surface area contributed by atoms with E-state index in [1.807, 2.05) is 0 Å². The molecule has 0 aliphatic carbocycles. The Balaban J connectivity index is 1.80. The summed E-state index contributed by atoms with van der Waals surface area (Å²) < 4.78 is 41.4. The second kappa shape index (κ2) is 11.0. The summed E-state index contributed by atoms with van der Waals surface area (Å²) in [4.78, 5) is 25.7. The molecular weight excluding hydrogens is 519 g/mol. The standard InChI is InChI=1S/C27H21ClF3N5O2/c1-15(37)16-8-9-18(23(32)12-16)25(35-17-6-3-2-4-7-17)36-26(38)20-13-19(24-33-10-5-11-34-24)21(14-22(20)28)27(29,30)31/h2-15,37H,32H2,1H3,(H,35,36,38). The van der Waals surface area contributed by atoms with Crippen molar-refractivity contribution in [2.75, 3.05) is 5.73 Å². The molecule has 4 N–H and O–H groups in total. The Labute approximate surface area is 220 Å². The number of alkyl halides is 3. The van der Waals surface area contributed by atoms with Crippen molar-refractivity contribution in [3.8, 4) is 11.4 Å². The summed E-state index contributed by atoms with van der Waals surface area (Å²) in [5, 5.41) is 12.1. The van der Waals surface area contributed by atoms with Crippen LogP contribution in [0, 0.1) is 0 Å². The maximum absolute atomic E-state index is 13.8. The van der Waals surface area contributed by atoms with E-state index in [1.54, 1.807) is 55.5 Å². The van der Waals surface area contributed by atoms with Crippen LogP contribution in [0.15, 0.2) is 84.1 Å². The van der Waals surface area contributed by atoms with E-state index < -0.39 is 34.3 Å². The first-order valence-corrected chi connectivity index (χ1v) is 11.6. The van der Waals surface area contributed by atoms with Gasteiger partial charge in [-0.1, -0.05) is 35.9 Å². The quantitative estimate of drug-likeness (QED) is 0.164. The highest BCUT2D eigenvalue weighted by atomic mass is 35.5. The van der Waals surface area contributed by atoms with Gasteiger partial charge in [-0.05, 0) is 55.0 Å². The molecule has 7 nitrogen and oxygen atoms in total. The lowest BCUT2D eigenvalue weighted by atomic mass is 10.0. The number of carbonyl (C=O) groups is 1. The Morgan fingerprint density at radius 1 is 1.03 bits per heavy atom. The molecule has 1 unspecified atom stereocenters. The highest BCUT2D eigenvalue weighted by Gasteiger charge is 2.36. The summed E-state index contributed by atoms with van der Waals surface area (Å²) in [6.07, 6.45) is -2.96. The van der Waals surface area contributed by atoms with Crippen LogP contribution in [0.4, 0.5) is 24.5 Å². The number of anilines is 1. The summed E-state index contributed by atoms with van der Waals surface area (Å²) in [6.45, 7) is 1.58. The van der Waals surface area contributed by atoms with Crippen molar-refractivity contribution in [3.05, 3.63) is 106 Å². The molecule has 194 valence electrons. The number of nitrogen functional groups attached to an aromatic ring is 1. The third kappa shape index (κ3) is 5.99. The number of hydrogen-bond donors (Lipinski definition) is 3. The van der Waals surface area contributed by atoms with E-state index >= 15 is 0 Å². The number of aliphatic hydroxyl groups excluding tert-OH is 1. The number of para-hydroxylation sites is 1. The van der Waals surface area contributed by atoms with Gasteiger partial charge in [0.2, 0.25) is 0 Å². The Bertz CT molecular complexity index is 1490. The van der Waals surface area contributed by atoms with E-state index in [1.165, 1.54) is 18.5 Å². The molecule has 0 aliphatic heterocycles. The number of amides is 1. The average Bonchev–Trinajstić information content (AvgIpc) is 2.88. The van der Waals surface area contributed by atoms with Crippen molar-refractivity contribution in [1.29, 1.82) is 0 Å². The van der Waals surface area contributed by atoms with Gasteiger partial charge in [0.15, 0.2) is 5.82 Å². The zero-order chi connectivity index (χ0) is 27.4. The zero-order valence-corrected chi connectivity index (χ0v) is 20.6. The number of hydrogen-bond acceptors (Lipinski definition) is 6. The monoisotopic (exact) mass is 539 g/mol. The number of nitrogens with one attached hydrogen (secondary N) is 1. The number of amidine groups is 1. The number of aromatic nitrogens is 2. The highest BCUT2D eigenvalue weighted by Crippen LogP contribution is 2.39. The number of halogens is 4. The molecule has 0 saturated heterocycles. The van der Waals surface area contributed by atoms with Crippen LogP contribution in [-0.2, 0) is 6.18 Å². The summed E-state index contributed by atoms with van der Waals surface area (Å²) in [5.41, 5.74) is 6.07. The maximum atomic E-state index is 13.8. The molecule has 11 heteroatoms. The SMILES string of the molecule is CC(O)c1ccc(C(=Nc2ccccc2)NC(=O)c2cc(-c3ncccn3)c(C(F)(F)F)cc2Cl)c(N)c1. The number of rotatable bonds is 5. The molecule has 0 bridgehead atoms. The number of carbonyl (C=O) groups excluding carboxylic acids is 1. The average molecular weight is 540 g/mol. The van der Waals surface area contributed by atoms with Crippen molar-refractivity contribution in [1.82, 2.24) is 15.3 Å². The molecule has 38 heavy (non-hydrogen) atoms. The van der Waals surface area contributed by atoms with Crippen molar-refractivity contribution < 1.29 is 23.1 Å². The number of aliphatic imine (C=N–C) groups is 1. The van der Waals surface area contributed by atoms with E-state index in [0.717, 1.165) is 6.07 Å². The molecule has 1 atom stereocenters. The number of nitrogens with two attached hydrogens (primary N) is 1. The van der Waals surface area contributed by atoms with Gasteiger partial charge in [-0.15, -0.1) is 0 Å². The van der Waals surface area contributed by atoms with Crippen LogP contribution in [0.1, 0.15) is 40.1 Å². The largest absolute Gasteiger partial charge is 0.417 e. The van der Waals surface area contributed by atoms with Crippen LogP contribution in [0.2, 0.25) is 5.02 Å². The first-order valence-electron chi connectivity index (χ1n) is 11.3. The third-order valence-electron chi connectivity index (χ3n) is 5.51. The molecule has 0 aliphatic rings. The third-order valence-corrected chi connectivity index (χ3v) is 5.82. The molecule has 3 aromatic carbocycles. The highest BCUT2D eigenvalue weighted by molar-refractivity contribution is 6.34. The minimum atomic E-state index is -4.77. The predicted molar refractivity (Wildman–Crippen MR) is 139 cm³/mol. The molecule has 0 saturated carbocycles. The summed E-state index contributed by atoms with van der Waals surface area (Å²) in [6, 6.07) is 16.5. The van der Waals surface area contributed by atoms with Gasteiger partial charge in [-0.25, -0.2) is 15.0 Å². The molecular formula is C27H21ClF3N5O2. The molecule has 0 spiro atoms. The fraction of sp³-hybridized carbons (Fsp3) is 0.111. The van der Waals surface area contributed by atoms with Gasteiger partial charge in [0.1, 0.15) is 5.84 Å². The lowest BCUT2D eigenvalue weighted by Crippen LogP contribution is -2.32. The smallest absolute Gasteiger partial charge is 0.398 e. The Hall–Kier alpha value is -4.28. The van der Waals surface area contributed by atoms with Gasteiger partial charge in [0, 0.05) is 29.2 Å². The van der Waals surface area contributed by atoms with Gasteiger partial charge in [-0.3, -0.25) is 4.79 Å². The van der Waals surface area contributed by atoms with Crippen LogP contribution in [0.25, 0.3) is 11.4 Å². The van der Waals surface area contributed by atoms with E-state index in [4.69, 9.17) is 17.3 Å². The molecule has 0 fully saturated rings. The second-order valence-corrected chi connectivity index (χ2v) is 8.63. The van der Waals surface area contributed by atoms with Crippen LogP contribution in [-0.4, -0.2) is 26.8 Å². The van der Waals surface area contributed by atoms with Crippen molar-refractivity contribution in [2.45, 2.75) is 19.2 Å². The topological polar surface area (TPSA) is 113 Å². The normalized spacial score (nSPS) is 12.7. The van der Waals surface area contributed by atoms with Gasteiger partial charge in [-0.2, -0.15) is 13.2 Å². The van der Waals surface area contributed by atoms with Gasteiger partial charge in [0.05, 0.1) is 27.9 Å². The molecule has 4 rings (SSSR count). The van der Waals surface area contributed by atoms with E-state index in [2.05, 4.69) is 20.3 Å². The summed E-state index contributed by atoms with van der Waals surface area (Å²) >= 11 is 6.17. The van der Waals surface area contributed by atoms with Crippen molar-refractivity contribution in [3.63, 3.8) is 0 Å². The van der Waals surface area contributed by atoms with Gasteiger partial charge in [0.25, 0.3) is 5.91 Å². The lowest BCUT2D eigenvalue weighted by Gasteiger charge is -2.17. The van der Waals surface area contributed by atoms with Crippen molar-refractivity contribution >= 4 is 34.7 Å². The van der Waals surface area contributed by atoms with Crippen LogP contribution < -0.4 is 11.1 Å². The molecule has 1 aromatic heterocycles. The summed E-state index contributed by atoms with van der Waals surface area (Å²) in [7, 11) is 0. The molecule has 1 amide bonds. The lowest BCUT2D eigenvalue weighted by molar-refractivity contribution is -0.137. The Morgan fingerprint density at radius 2 is 1.71 bits per heavy atom. The van der Waals surface area contributed by atoms with Crippen molar-refractivity contribution in [2.24, 2.45) is 4.99 Å². The minimum absolute atomic E-state index is 0.0318. The second-order valence-electron chi connectivity index (χ2n) is 8.22. The maximum Gasteiger partial charge on any atom is 0.417 e. The zero-order valence-electron chi connectivity index (χ0n) is 19.9. The van der Waals surface area contributed by atoms with Crippen LogP contribution in [0.3, 0.4) is 0 Å². The minimum Gasteiger partial charge on any atom is -0.398 e. The fourth-order valence-corrected chi connectivity index (χ4v) is 3.87.